The van der Waals surface area contributed by atoms with Gasteiger partial charge in [0.1, 0.15) is 18.0 Å². The second kappa shape index (κ2) is 10.6. The Bertz CT molecular complexity index is 768. The van der Waals surface area contributed by atoms with E-state index in [4.69, 9.17) is 10.2 Å². The van der Waals surface area contributed by atoms with Crippen molar-refractivity contribution < 1.29 is 33.8 Å². The predicted molar refractivity (Wildman–Crippen MR) is 101 cm³/mol. The molecule has 0 aromatic heterocycles. The lowest BCUT2D eigenvalue weighted by Gasteiger charge is -2.23. The Morgan fingerprint density at radius 3 is 2.28 bits per heavy atom. The molecular formula is C19H26FN3O6. The molecule has 1 aromatic rings. The zero-order valence-electron chi connectivity index (χ0n) is 16.8. The minimum Gasteiger partial charge on any atom is -0.479 e. The lowest BCUT2D eigenvalue weighted by Crippen LogP contribution is -2.49. The Balaban J connectivity index is 0.000000612. The van der Waals surface area contributed by atoms with Crippen LogP contribution in [0.5, 0.6) is 0 Å². The first-order chi connectivity index (χ1) is 13.5. The van der Waals surface area contributed by atoms with Crippen LogP contribution in [0.2, 0.25) is 0 Å². The summed E-state index contributed by atoms with van der Waals surface area (Å²) in [6.07, 6.45) is -1.17. The second-order valence-corrected chi connectivity index (χ2v) is 6.78. The third-order valence-corrected chi connectivity index (χ3v) is 4.32. The van der Waals surface area contributed by atoms with E-state index in [0.717, 1.165) is 4.90 Å². The van der Waals surface area contributed by atoms with Gasteiger partial charge in [-0.25, -0.2) is 9.18 Å². The van der Waals surface area contributed by atoms with Crippen molar-refractivity contribution in [3.8, 4) is 0 Å². The van der Waals surface area contributed by atoms with E-state index in [1.54, 1.807) is 37.2 Å². The second-order valence-electron chi connectivity index (χ2n) is 6.78. The Labute approximate surface area is 168 Å². The first kappa shape index (κ1) is 24.2. The summed E-state index contributed by atoms with van der Waals surface area (Å²) in [4.78, 5) is 48.5. The van der Waals surface area contributed by atoms with Gasteiger partial charge in [-0.3, -0.25) is 24.2 Å². The van der Waals surface area contributed by atoms with Gasteiger partial charge in [0.15, 0.2) is 0 Å². The van der Waals surface area contributed by atoms with Gasteiger partial charge in [0.2, 0.25) is 17.7 Å². The summed E-state index contributed by atoms with van der Waals surface area (Å²) < 4.78 is 13.5. The van der Waals surface area contributed by atoms with Gasteiger partial charge in [-0.05, 0) is 34.0 Å². The number of halogens is 1. The molecule has 1 aromatic carbocycles. The minimum atomic E-state index is -1.23. The standard InChI is InChI=1S/C16H20FN3O3.C3H6O3/c1-10(20-14(21)8-13(16(20)23)19(2)3)15(22)18-9-11-6-4-5-7-12(11)17;1-2(4)3(5)6/h4-7,10,13H,8-9H2,1-3H3,(H,18,22);2,4H,1H3,(H,5,6)/t10-,13?;/m0./s1. The molecule has 2 unspecified atom stereocenters. The fraction of sp³-hybridized carbons (Fsp3) is 0.474. The number of carboxylic acids is 1. The van der Waals surface area contributed by atoms with Crippen LogP contribution >= 0.6 is 0 Å². The van der Waals surface area contributed by atoms with Crippen molar-refractivity contribution in [3.63, 3.8) is 0 Å². The average Bonchev–Trinajstić information content (AvgIpc) is 2.95. The Morgan fingerprint density at radius 2 is 1.83 bits per heavy atom. The van der Waals surface area contributed by atoms with Gasteiger partial charge in [-0.15, -0.1) is 0 Å². The van der Waals surface area contributed by atoms with Gasteiger partial charge < -0.3 is 15.5 Å². The molecule has 0 aliphatic carbocycles. The summed E-state index contributed by atoms with van der Waals surface area (Å²) in [6, 6.07) is 4.64. The number of imide groups is 1. The Morgan fingerprint density at radius 1 is 1.28 bits per heavy atom. The number of rotatable bonds is 6. The molecule has 29 heavy (non-hydrogen) atoms. The number of nitrogens with zero attached hydrogens (tertiary/aromatic N) is 2. The summed E-state index contributed by atoms with van der Waals surface area (Å²) in [5.41, 5.74) is 0.346. The lowest BCUT2D eigenvalue weighted by atomic mass is 10.2. The highest BCUT2D eigenvalue weighted by atomic mass is 19.1. The van der Waals surface area contributed by atoms with Crippen molar-refractivity contribution in [2.75, 3.05) is 14.1 Å². The van der Waals surface area contributed by atoms with Crippen LogP contribution in [-0.4, -0.2) is 76.0 Å². The van der Waals surface area contributed by atoms with E-state index in [-0.39, 0.29) is 24.8 Å². The monoisotopic (exact) mass is 411 g/mol. The molecule has 3 amide bonds. The number of aliphatic hydroxyl groups excluding tert-OH is 1. The number of carbonyl (C=O) groups is 4. The van der Waals surface area contributed by atoms with E-state index in [1.807, 2.05) is 0 Å². The normalized spacial score (nSPS) is 18.2. The van der Waals surface area contributed by atoms with Gasteiger partial charge in [0.25, 0.3) is 0 Å². The van der Waals surface area contributed by atoms with Crippen molar-refractivity contribution in [1.29, 1.82) is 0 Å². The number of carbonyl (C=O) groups excluding carboxylic acids is 3. The van der Waals surface area contributed by atoms with Crippen LogP contribution in [-0.2, 0) is 25.7 Å². The number of nitrogens with one attached hydrogen (secondary N) is 1. The number of aliphatic hydroxyl groups is 1. The van der Waals surface area contributed by atoms with E-state index in [1.165, 1.54) is 19.9 Å². The largest absolute Gasteiger partial charge is 0.479 e. The number of carboxylic acid groups (broad SMARTS) is 1. The first-order valence-electron chi connectivity index (χ1n) is 8.91. The number of amides is 3. The molecule has 0 bridgehead atoms. The third-order valence-electron chi connectivity index (χ3n) is 4.32. The smallest absolute Gasteiger partial charge is 0.332 e. The van der Waals surface area contributed by atoms with E-state index in [2.05, 4.69) is 5.32 Å². The van der Waals surface area contributed by atoms with Crippen LogP contribution in [0.3, 0.4) is 0 Å². The van der Waals surface area contributed by atoms with Crippen molar-refractivity contribution in [3.05, 3.63) is 35.6 Å². The van der Waals surface area contributed by atoms with E-state index >= 15 is 0 Å². The topological polar surface area (TPSA) is 127 Å². The lowest BCUT2D eigenvalue weighted by molar-refractivity contribution is -0.147. The molecular weight excluding hydrogens is 385 g/mol. The Kier molecular flexibility index (Phi) is 8.86. The van der Waals surface area contributed by atoms with Crippen LogP contribution in [0.15, 0.2) is 24.3 Å². The Hall–Kier alpha value is -2.85. The van der Waals surface area contributed by atoms with Gasteiger partial charge in [-0.1, -0.05) is 18.2 Å². The number of aliphatic carboxylic acids is 1. The van der Waals surface area contributed by atoms with Gasteiger partial charge in [0, 0.05) is 12.1 Å². The third kappa shape index (κ3) is 6.61. The molecule has 2 rings (SSSR count). The average molecular weight is 411 g/mol. The van der Waals surface area contributed by atoms with Crippen molar-refractivity contribution in [2.45, 2.75) is 45.0 Å². The molecule has 0 radical (unpaired) electrons. The molecule has 1 aliphatic heterocycles. The summed E-state index contributed by atoms with van der Waals surface area (Å²) in [5, 5.41) is 18.3. The van der Waals surface area contributed by atoms with Gasteiger partial charge in [0.05, 0.1) is 12.5 Å². The summed E-state index contributed by atoms with van der Waals surface area (Å²) in [6.45, 7) is 2.69. The number of likely N-dealkylation sites (tertiary alicyclic amines) is 1. The summed E-state index contributed by atoms with van der Waals surface area (Å²) >= 11 is 0. The maximum absolute atomic E-state index is 13.5. The van der Waals surface area contributed by atoms with Crippen molar-refractivity contribution in [1.82, 2.24) is 15.1 Å². The minimum absolute atomic E-state index is 0.00315. The maximum atomic E-state index is 13.5. The maximum Gasteiger partial charge on any atom is 0.332 e. The van der Waals surface area contributed by atoms with Crippen LogP contribution in [0, 0.1) is 5.82 Å². The van der Waals surface area contributed by atoms with Crippen LogP contribution in [0.1, 0.15) is 25.8 Å². The van der Waals surface area contributed by atoms with E-state index in [0.29, 0.717) is 5.56 Å². The number of hydrogen-bond acceptors (Lipinski definition) is 6. The molecule has 1 saturated heterocycles. The molecule has 1 fully saturated rings. The number of likely N-dealkylation sites (N-methyl/N-ethyl adjacent to an activating group) is 1. The van der Waals surface area contributed by atoms with Crippen molar-refractivity contribution in [2.24, 2.45) is 0 Å². The highest BCUT2D eigenvalue weighted by molar-refractivity contribution is 6.08. The highest BCUT2D eigenvalue weighted by Crippen LogP contribution is 2.19. The number of benzene rings is 1. The molecule has 0 saturated carbocycles. The van der Waals surface area contributed by atoms with Crippen LogP contribution in [0.25, 0.3) is 0 Å². The van der Waals surface area contributed by atoms with Gasteiger partial charge in [-0.2, -0.15) is 0 Å². The molecule has 1 aliphatic rings. The molecule has 3 atom stereocenters. The number of hydrogen-bond donors (Lipinski definition) is 3. The van der Waals surface area contributed by atoms with E-state index < -0.39 is 35.9 Å². The fourth-order valence-corrected chi connectivity index (χ4v) is 2.53. The van der Waals surface area contributed by atoms with Crippen LogP contribution in [0.4, 0.5) is 4.39 Å². The fourth-order valence-electron chi connectivity index (χ4n) is 2.53. The zero-order chi connectivity index (χ0) is 22.3. The molecule has 0 spiro atoms. The first-order valence-corrected chi connectivity index (χ1v) is 8.91. The highest BCUT2D eigenvalue weighted by Gasteiger charge is 2.43. The molecule has 160 valence electrons. The quantitative estimate of drug-likeness (QED) is 0.561. The zero-order valence-corrected chi connectivity index (χ0v) is 16.8. The van der Waals surface area contributed by atoms with Gasteiger partial charge >= 0.3 is 5.97 Å². The van der Waals surface area contributed by atoms with Crippen LogP contribution < -0.4 is 5.32 Å². The molecule has 1 heterocycles. The predicted octanol–water partition coefficient (Wildman–Crippen LogP) is -0.0287. The molecule has 9 nitrogen and oxygen atoms in total. The molecule has 10 heteroatoms. The molecule has 3 N–H and O–H groups in total. The summed E-state index contributed by atoms with van der Waals surface area (Å²) in [7, 11) is 3.42. The van der Waals surface area contributed by atoms with E-state index in [9.17, 15) is 23.6 Å². The van der Waals surface area contributed by atoms with Crippen molar-refractivity contribution >= 4 is 23.7 Å². The summed E-state index contributed by atoms with van der Waals surface area (Å²) in [5.74, 6) is -2.85. The SMILES string of the molecule is CC(O)C(=O)O.C[C@@H](C(=O)NCc1ccccc1F)N1C(=O)CC(N(C)C)C1=O.